The van der Waals surface area contributed by atoms with E-state index in [-0.39, 0.29) is 12.1 Å². The van der Waals surface area contributed by atoms with Crippen LogP contribution >= 0.6 is 0 Å². The largest absolute Gasteiger partial charge is 0.385 e. The van der Waals surface area contributed by atoms with Gasteiger partial charge >= 0.3 is 0 Å². The SMILES string of the molecule is Cc1ncnc(N2C[C@@H](C)N(c3ccnc([C@@H](C)O)n3)[C@@H](C)C2)n1. The maximum Gasteiger partial charge on any atom is 0.228 e. The Balaban J connectivity index is 1.82. The van der Waals surface area contributed by atoms with Crippen LogP contribution in [-0.2, 0) is 0 Å². The van der Waals surface area contributed by atoms with Crippen molar-refractivity contribution >= 4 is 11.8 Å². The summed E-state index contributed by atoms with van der Waals surface area (Å²) in [6.07, 6.45) is 2.58. The van der Waals surface area contributed by atoms with Crippen LogP contribution in [0.4, 0.5) is 11.8 Å². The van der Waals surface area contributed by atoms with Crippen LogP contribution < -0.4 is 9.80 Å². The third kappa shape index (κ3) is 3.28. The Hall–Kier alpha value is -2.35. The van der Waals surface area contributed by atoms with Gasteiger partial charge in [-0.05, 0) is 33.8 Å². The van der Waals surface area contributed by atoms with Crippen molar-refractivity contribution in [1.29, 1.82) is 0 Å². The molecule has 8 nitrogen and oxygen atoms in total. The van der Waals surface area contributed by atoms with Crippen LogP contribution in [0.5, 0.6) is 0 Å². The quantitative estimate of drug-likeness (QED) is 0.896. The average molecular weight is 329 g/mol. The highest BCUT2D eigenvalue weighted by Gasteiger charge is 2.32. The fraction of sp³-hybridized carbons (Fsp3) is 0.562. The molecule has 3 rings (SSSR count). The van der Waals surface area contributed by atoms with Crippen molar-refractivity contribution in [3.63, 3.8) is 0 Å². The second-order valence-electron chi connectivity index (χ2n) is 6.29. The Kier molecular flexibility index (Phi) is 4.57. The molecule has 0 saturated carbocycles. The second-order valence-corrected chi connectivity index (χ2v) is 6.29. The number of aryl methyl sites for hydroxylation is 1. The lowest BCUT2D eigenvalue weighted by molar-refractivity contribution is 0.189. The second kappa shape index (κ2) is 6.64. The number of hydrogen-bond donors (Lipinski definition) is 1. The first kappa shape index (κ1) is 16.5. The molecule has 0 aliphatic carbocycles. The summed E-state index contributed by atoms with van der Waals surface area (Å²) < 4.78 is 0. The molecule has 1 aliphatic heterocycles. The van der Waals surface area contributed by atoms with E-state index in [9.17, 15) is 5.11 Å². The van der Waals surface area contributed by atoms with Crippen molar-refractivity contribution < 1.29 is 5.11 Å². The lowest BCUT2D eigenvalue weighted by Crippen LogP contribution is -2.57. The summed E-state index contributed by atoms with van der Waals surface area (Å²) in [5, 5.41) is 9.72. The van der Waals surface area contributed by atoms with Crippen molar-refractivity contribution in [2.24, 2.45) is 0 Å². The Morgan fingerprint density at radius 2 is 1.83 bits per heavy atom. The van der Waals surface area contributed by atoms with Crippen LogP contribution in [0.1, 0.15) is 38.5 Å². The average Bonchev–Trinajstić information content (AvgIpc) is 2.54. The molecule has 8 heteroatoms. The third-order valence-corrected chi connectivity index (χ3v) is 4.18. The molecule has 0 radical (unpaired) electrons. The highest BCUT2D eigenvalue weighted by molar-refractivity contribution is 5.45. The smallest absolute Gasteiger partial charge is 0.228 e. The molecule has 0 unspecified atom stereocenters. The number of piperazine rings is 1. The molecule has 0 aromatic carbocycles. The number of aromatic nitrogens is 5. The van der Waals surface area contributed by atoms with E-state index < -0.39 is 6.10 Å². The molecular weight excluding hydrogens is 306 g/mol. The minimum absolute atomic E-state index is 0.225. The third-order valence-electron chi connectivity index (χ3n) is 4.18. The van der Waals surface area contributed by atoms with Crippen LogP contribution in [0.2, 0.25) is 0 Å². The number of aliphatic hydroxyl groups excluding tert-OH is 1. The molecular formula is C16H23N7O. The van der Waals surface area contributed by atoms with Gasteiger partial charge in [0.05, 0.1) is 0 Å². The van der Waals surface area contributed by atoms with Gasteiger partial charge in [0.1, 0.15) is 24.1 Å². The molecule has 2 aromatic heterocycles. The van der Waals surface area contributed by atoms with Crippen molar-refractivity contribution in [2.75, 3.05) is 22.9 Å². The summed E-state index contributed by atoms with van der Waals surface area (Å²) >= 11 is 0. The predicted molar refractivity (Wildman–Crippen MR) is 90.8 cm³/mol. The number of hydrogen-bond acceptors (Lipinski definition) is 8. The van der Waals surface area contributed by atoms with E-state index in [2.05, 4.69) is 48.6 Å². The van der Waals surface area contributed by atoms with Gasteiger partial charge in [0.2, 0.25) is 5.95 Å². The molecule has 1 aliphatic rings. The molecule has 24 heavy (non-hydrogen) atoms. The van der Waals surface area contributed by atoms with E-state index in [1.165, 1.54) is 0 Å². The number of aliphatic hydroxyl groups is 1. The maximum absolute atomic E-state index is 9.72. The van der Waals surface area contributed by atoms with Gasteiger partial charge in [-0.3, -0.25) is 0 Å². The first-order chi connectivity index (χ1) is 11.5. The molecule has 128 valence electrons. The minimum atomic E-state index is -0.676. The molecule has 1 saturated heterocycles. The van der Waals surface area contributed by atoms with Gasteiger partial charge < -0.3 is 14.9 Å². The van der Waals surface area contributed by atoms with Crippen LogP contribution in [0, 0.1) is 6.92 Å². The van der Waals surface area contributed by atoms with Gasteiger partial charge in [0.25, 0.3) is 0 Å². The highest BCUT2D eigenvalue weighted by atomic mass is 16.3. The van der Waals surface area contributed by atoms with Crippen molar-refractivity contribution in [2.45, 2.75) is 45.9 Å². The molecule has 0 amide bonds. The zero-order valence-corrected chi connectivity index (χ0v) is 14.5. The van der Waals surface area contributed by atoms with Crippen LogP contribution in [0.25, 0.3) is 0 Å². The highest BCUT2D eigenvalue weighted by Crippen LogP contribution is 2.25. The lowest BCUT2D eigenvalue weighted by atomic mass is 10.1. The van der Waals surface area contributed by atoms with E-state index >= 15 is 0 Å². The van der Waals surface area contributed by atoms with E-state index in [1.54, 1.807) is 19.4 Å². The molecule has 2 aromatic rings. The van der Waals surface area contributed by atoms with E-state index in [0.29, 0.717) is 11.8 Å². The number of anilines is 2. The summed E-state index contributed by atoms with van der Waals surface area (Å²) in [7, 11) is 0. The summed E-state index contributed by atoms with van der Waals surface area (Å²) in [6.45, 7) is 9.44. The molecule has 0 bridgehead atoms. The van der Waals surface area contributed by atoms with Crippen LogP contribution in [-0.4, -0.2) is 55.2 Å². The molecule has 1 N–H and O–H groups in total. The monoisotopic (exact) mass is 329 g/mol. The van der Waals surface area contributed by atoms with E-state index in [0.717, 1.165) is 24.7 Å². The normalized spacial score (nSPS) is 22.5. The van der Waals surface area contributed by atoms with Crippen molar-refractivity contribution in [3.05, 3.63) is 30.2 Å². The van der Waals surface area contributed by atoms with Crippen molar-refractivity contribution in [3.8, 4) is 0 Å². The minimum Gasteiger partial charge on any atom is -0.385 e. The molecule has 0 spiro atoms. The number of nitrogens with zero attached hydrogens (tertiary/aromatic N) is 7. The van der Waals surface area contributed by atoms with Crippen molar-refractivity contribution in [1.82, 2.24) is 24.9 Å². The number of rotatable bonds is 3. The van der Waals surface area contributed by atoms with E-state index in [1.807, 2.05) is 13.0 Å². The zero-order valence-electron chi connectivity index (χ0n) is 14.5. The lowest BCUT2D eigenvalue weighted by Gasteiger charge is -2.45. The molecule has 3 atom stereocenters. The standard InChI is InChI=1S/C16H23N7O/c1-10-7-22(16-19-9-18-13(4)20-16)8-11(2)23(10)14-5-6-17-15(21-14)12(3)24/h5-6,9-12,24H,7-8H2,1-4H3/t10-,11+,12-/m1/s1. The van der Waals surface area contributed by atoms with Gasteiger partial charge in [-0.25, -0.2) is 19.9 Å². The molecule has 1 fully saturated rings. The topological polar surface area (TPSA) is 91.2 Å². The van der Waals surface area contributed by atoms with Gasteiger partial charge in [-0.1, -0.05) is 0 Å². The Morgan fingerprint density at radius 1 is 1.12 bits per heavy atom. The summed E-state index contributed by atoms with van der Waals surface area (Å²) in [5.41, 5.74) is 0. The van der Waals surface area contributed by atoms with E-state index in [4.69, 9.17) is 0 Å². The first-order valence-corrected chi connectivity index (χ1v) is 8.15. The first-order valence-electron chi connectivity index (χ1n) is 8.15. The van der Waals surface area contributed by atoms with Gasteiger partial charge in [0, 0.05) is 31.4 Å². The summed E-state index contributed by atoms with van der Waals surface area (Å²) in [6, 6.07) is 2.34. The van der Waals surface area contributed by atoms with Gasteiger partial charge in [-0.2, -0.15) is 4.98 Å². The van der Waals surface area contributed by atoms with Gasteiger partial charge in [-0.15, -0.1) is 0 Å². The zero-order chi connectivity index (χ0) is 17.3. The van der Waals surface area contributed by atoms with Crippen LogP contribution in [0.15, 0.2) is 18.6 Å². The molecule has 3 heterocycles. The predicted octanol–water partition coefficient (Wildman–Crippen LogP) is 1.13. The summed E-state index contributed by atoms with van der Waals surface area (Å²) in [5.74, 6) is 2.73. The fourth-order valence-corrected chi connectivity index (χ4v) is 3.17. The van der Waals surface area contributed by atoms with Gasteiger partial charge in [0.15, 0.2) is 5.82 Å². The van der Waals surface area contributed by atoms with Crippen LogP contribution in [0.3, 0.4) is 0 Å². The maximum atomic E-state index is 9.72. The Labute approximate surface area is 141 Å². The Morgan fingerprint density at radius 3 is 2.46 bits per heavy atom. The Bertz CT molecular complexity index is 696. The fourth-order valence-electron chi connectivity index (χ4n) is 3.17. The summed E-state index contributed by atoms with van der Waals surface area (Å²) in [4.78, 5) is 25.9.